The summed E-state index contributed by atoms with van der Waals surface area (Å²) in [5, 5.41) is 8.76. The van der Waals surface area contributed by atoms with E-state index >= 15 is 0 Å². The maximum atomic E-state index is 11.8. The van der Waals surface area contributed by atoms with E-state index in [1.54, 1.807) is 13.8 Å². The summed E-state index contributed by atoms with van der Waals surface area (Å²) in [7, 11) is -3.37. The van der Waals surface area contributed by atoms with Crippen LogP contribution in [-0.2, 0) is 14.8 Å². The number of aliphatic carboxylic acids is 1. The Kier molecular flexibility index (Phi) is 3.11. The number of sulfonamides is 1. The zero-order valence-corrected chi connectivity index (χ0v) is 10.9. The average molecular weight is 249 g/mol. The Bertz CT molecular complexity index is 393. The normalized spacial score (nSPS) is 18.5. The first kappa shape index (κ1) is 13.4. The van der Waals surface area contributed by atoms with Crippen LogP contribution in [0.4, 0.5) is 0 Å². The first-order valence-corrected chi connectivity index (χ1v) is 6.81. The van der Waals surface area contributed by atoms with Crippen molar-refractivity contribution < 1.29 is 18.3 Å². The fourth-order valence-corrected chi connectivity index (χ4v) is 3.10. The van der Waals surface area contributed by atoms with Crippen LogP contribution >= 0.6 is 0 Å². The lowest BCUT2D eigenvalue weighted by atomic mass is 9.75. The lowest BCUT2D eigenvalue weighted by Gasteiger charge is -2.38. The van der Waals surface area contributed by atoms with Gasteiger partial charge >= 0.3 is 5.97 Å². The maximum absolute atomic E-state index is 11.8. The van der Waals surface area contributed by atoms with Crippen LogP contribution in [0.2, 0.25) is 0 Å². The average Bonchev–Trinajstić information content (AvgIpc) is 2.82. The van der Waals surface area contributed by atoms with E-state index in [0.29, 0.717) is 12.8 Å². The summed E-state index contributed by atoms with van der Waals surface area (Å²) in [5.41, 5.74) is -2.17. The Labute approximate surface area is 96.3 Å². The molecule has 0 aliphatic heterocycles. The van der Waals surface area contributed by atoms with Crippen molar-refractivity contribution in [2.24, 2.45) is 5.41 Å². The summed E-state index contributed by atoms with van der Waals surface area (Å²) in [5.74, 6) is -1.02. The Morgan fingerprint density at radius 1 is 1.25 bits per heavy atom. The first-order chi connectivity index (χ1) is 7.01. The van der Waals surface area contributed by atoms with Gasteiger partial charge in [0.25, 0.3) is 0 Å². The van der Waals surface area contributed by atoms with Crippen LogP contribution in [0.25, 0.3) is 0 Å². The van der Waals surface area contributed by atoms with Gasteiger partial charge in [0.15, 0.2) is 0 Å². The van der Waals surface area contributed by atoms with Gasteiger partial charge in [-0.15, -0.1) is 0 Å². The van der Waals surface area contributed by atoms with Crippen molar-refractivity contribution in [3.63, 3.8) is 0 Å². The molecule has 1 fully saturated rings. The minimum absolute atomic E-state index is 0.337. The highest BCUT2D eigenvalue weighted by Gasteiger charge is 2.48. The molecule has 1 aliphatic rings. The number of rotatable bonds is 5. The van der Waals surface area contributed by atoms with Crippen LogP contribution in [0.5, 0.6) is 0 Å². The molecule has 0 aromatic carbocycles. The second-order valence-electron chi connectivity index (χ2n) is 5.40. The van der Waals surface area contributed by atoms with Crippen molar-refractivity contribution in [3.8, 4) is 0 Å². The topological polar surface area (TPSA) is 83.5 Å². The van der Waals surface area contributed by atoms with Crippen molar-refractivity contribution in [2.45, 2.75) is 51.3 Å². The smallest absolute Gasteiger partial charge is 0.310 e. The van der Waals surface area contributed by atoms with Crippen molar-refractivity contribution >= 4 is 16.0 Å². The fraction of sp³-hybridized carbons (Fsp3) is 0.900. The molecule has 0 aromatic heterocycles. The largest absolute Gasteiger partial charge is 0.481 e. The highest BCUT2D eigenvalue weighted by Crippen LogP contribution is 2.35. The molecule has 1 rings (SSSR count). The molecule has 0 heterocycles. The van der Waals surface area contributed by atoms with Crippen LogP contribution in [0.15, 0.2) is 0 Å². The summed E-state index contributed by atoms with van der Waals surface area (Å²) in [4.78, 5) is 11.1. The molecule has 5 nitrogen and oxygen atoms in total. The number of nitrogens with one attached hydrogen (secondary N) is 1. The number of hydrogen-bond acceptors (Lipinski definition) is 3. The van der Waals surface area contributed by atoms with Gasteiger partial charge in [-0.1, -0.05) is 0 Å². The number of hydrogen-bond donors (Lipinski definition) is 2. The molecule has 0 amide bonds. The van der Waals surface area contributed by atoms with Gasteiger partial charge in [0.05, 0.1) is 10.7 Å². The van der Waals surface area contributed by atoms with Crippen molar-refractivity contribution in [1.29, 1.82) is 0 Å². The van der Waals surface area contributed by atoms with Gasteiger partial charge in [0.1, 0.15) is 0 Å². The number of carbonyl (C=O) groups is 1. The zero-order chi connectivity index (χ0) is 12.8. The van der Waals surface area contributed by atoms with E-state index in [9.17, 15) is 13.2 Å². The summed E-state index contributed by atoms with van der Waals surface area (Å²) in [6.07, 6.45) is 1.33. The van der Waals surface area contributed by atoms with Crippen molar-refractivity contribution in [3.05, 3.63) is 0 Å². The minimum Gasteiger partial charge on any atom is -0.481 e. The van der Waals surface area contributed by atoms with Gasteiger partial charge in [0, 0.05) is 5.54 Å². The Morgan fingerprint density at radius 3 is 2.00 bits per heavy atom. The summed E-state index contributed by atoms with van der Waals surface area (Å²) in [6, 6.07) is 0. The molecule has 0 bridgehead atoms. The molecule has 0 saturated heterocycles. The second kappa shape index (κ2) is 3.70. The first-order valence-electron chi connectivity index (χ1n) is 5.27. The maximum Gasteiger partial charge on any atom is 0.310 e. The van der Waals surface area contributed by atoms with E-state index in [2.05, 4.69) is 4.72 Å². The van der Waals surface area contributed by atoms with E-state index in [1.165, 1.54) is 13.8 Å². The molecule has 94 valence electrons. The molecule has 16 heavy (non-hydrogen) atoms. The third-order valence-corrected chi connectivity index (χ3v) is 5.60. The Hall–Kier alpha value is -0.620. The molecule has 0 atom stereocenters. The molecule has 1 saturated carbocycles. The molecule has 2 N–H and O–H groups in total. The summed E-state index contributed by atoms with van der Waals surface area (Å²) in [6.45, 7) is 6.23. The summed E-state index contributed by atoms with van der Waals surface area (Å²) < 4.78 is 26.1. The van der Waals surface area contributed by atoms with Crippen LogP contribution in [0.1, 0.15) is 40.5 Å². The van der Waals surface area contributed by atoms with Crippen LogP contribution < -0.4 is 4.72 Å². The quantitative estimate of drug-likeness (QED) is 0.760. The predicted molar refractivity (Wildman–Crippen MR) is 60.6 cm³/mol. The molecule has 1 aliphatic carbocycles. The van der Waals surface area contributed by atoms with Crippen molar-refractivity contribution in [1.82, 2.24) is 4.72 Å². The molecule has 0 aromatic rings. The molecular formula is C10H19NO4S. The highest BCUT2D eigenvalue weighted by atomic mass is 32.2. The van der Waals surface area contributed by atoms with E-state index in [4.69, 9.17) is 5.11 Å². The van der Waals surface area contributed by atoms with Gasteiger partial charge in [-0.05, 0) is 40.5 Å². The zero-order valence-electron chi connectivity index (χ0n) is 10.1. The molecule has 0 radical (unpaired) electrons. The van der Waals surface area contributed by atoms with Crippen molar-refractivity contribution in [2.75, 3.05) is 0 Å². The predicted octanol–water partition coefficient (Wildman–Crippen LogP) is 0.958. The van der Waals surface area contributed by atoms with E-state index in [0.717, 1.165) is 0 Å². The van der Waals surface area contributed by atoms with E-state index < -0.39 is 26.9 Å². The molecule has 6 heteroatoms. The number of carboxylic acids is 1. The highest BCUT2D eigenvalue weighted by molar-refractivity contribution is 7.90. The van der Waals surface area contributed by atoms with Crippen LogP contribution in [-0.4, -0.2) is 30.3 Å². The standard InChI is InChI=1S/C10H19NO4S/c1-9(2,8(12)13)10(3,4)11-16(14,15)7-5-6-7/h7,11H,5-6H2,1-4H3,(H,12,13). The van der Waals surface area contributed by atoms with Gasteiger partial charge in [-0.25, -0.2) is 13.1 Å². The van der Waals surface area contributed by atoms with Gasteiger partial charge in [-0.2, -0.15) is 0 Å². The van der Waals surface area contributed by atoms with E-state index in [-0.39, 0.29) is 5.25 Å². The SMILES string of the molecule is CC(C)(NS(=O)(=O)C1CC1)C(C)(C)C(=O)O. The third-order valence-electron chi connectivity index (χ3n) is 3.46. The van der Waals surface area contributed by atoms with E-state index in [1.807, 2.05) is 0 Å². The molecular weight excluding hydrogens is 230 g/mol. The number of carboxylic acid groups (broad SMARTS) is 1. The second-order valence-corrected chi connectivity index (χ2v) is 7.36. The van der Waals surface area contributed by atoms with Crippen LogP contribution in [0, 0.1) is 5.41 Å². The van der Waals surface area contributed by atoms with Gasteiger partial charge in [-0.3, -0.25) is 4.79 Å². The minimum atomic E-state index is -3.37. The lowest BCUT2D eigenvalue weighted by molar-refractivity contribution is -0.150. The fourth-order valence-electron chi connectivity index (χ4n) is 1.21. The van der Waals surface area contributed by atoms with Crippen LogP contribution in [0.3, 0.4) is 0 Å². The Balaban J connectivity index is 2.90. The third kappa shape index (κ3) is 2.38. The lowest BCUT2D eigenvalue weighted by Crippen LogP contribution is -2.57. The van der Waals surface area contributed by atoms with Gasteiger partial charge < -0.3 is 5.11 Å². The monoisotopic (exact) mass is 249 g/mol. The summed E-state index contributed by atoms with van der Waals surface area (Å²) >= 11 is 0. The van der Waals surface area contributed by atoms with Gasteiger partial charge in [0.2, 0.25) is 10.0 Å². The molecule has 0 unspecified atom stereocenters. The Morgan fingerprint density at radius 2 is 1.69 bits per heavy atom. The molecule has 0 spiro atoms.